The van der Waals surface area contributed by atoms with E-state index >= 15 is 0 Å². The predicted molar refractivity (Wildman–Crippen MR) is 129 cm³/mol. The molecule has 0 aromatic carbocycles. The molecule has 5 aliphatic rings. The van der Waals surface area contributed by atoms with Gasteiger partial charge in [-0.2, -0.15) is 0 Å². The van der Waals surface area contributed by atoms with Crippen molar-refractivity contribution in [1.82, 2.24) is 0 Å². The van der Waals surface area contributed by atoms with Crippen molar-refractivity contribution >= 4 is 11.8 Å². The smallest absolute Gasteiger partial charge is 0.309 e. The van der Waals surface area contributed by atoms with Crippen LogP contribution in [0.4, 0.5) is 0 Å². The van der Waals surface area contributed by atoms with E-state index in [4.69, 9.17) is 0 Å². The van der Waals surface area contributed by atoms with Crippen molar-refractivity contribution in [3.8, 4) is 0 Å². The zero-order chi connectivity index (χ0) is 24.2. The molecule has 4 nitrogen and oxygen atoms in total. The second-order valence-electron chi connectivity index (χ2n) is 13.7. The monoisotopic (exact) mass is 454 g/mol. The minimum absolute atomic E-state index is 0.0462. The molecule has 5 aliphatic carbocycles. The summed E-state index contributed by atoms with van der Waals surface area (Å²) in [6.45, 7) is 13.6. The molecule has 0 radical (unpaired) electrons. The molecule has 0 aromatic heterocycles. The molecule has 4 fully saturated rings. The molecule has 33 heavy (non-hydrogen) atoms. The number of hydrogen-bond donors (Lipinski definition) is 2. The van der Waals surface area contributed by atoms with Crippen LogP contribution in [0, 0.1) is 44.8 Å². The summed E-state index contributed by atoms with van der Waals surface area (Å²) in [4.78, 5) is 24.9. The number of carbonyl (C=O) groups is 2. The van der Waals surface area contributed by atoms with Gasteiger partial charge in [0.1, 0.15) is 0 Å². The Hall–Kier alpha value is -1.58. The van der Waals surface area contributed by atoms with Gasteiger partial charge in [0.15, 0.2) is 5.76 Å². The van der Waals surface area contributed by atoms with Crippen molar-refractivity contribution in [2.45, 2.75) is 99.3 Å². The molecule has 0 aromatic rings. The standard InChI is InChI=1S/C29H42O4/c1-17-23(31)21(30)15-20-18-7-10-29(6)22-16-26(3,24(32)33)12-11-25(22,2)13-14-28(29,5)19(18)8-9-27(17,20)4/h15,18-19,22,31H,7-14,16H2,1-6H3,(H,32,33). The van der Waals surface area contributed by atoms with Gasteiger partial charge in [-0.1, -0.05) is 33.3 Å². The number of hydrogen-bond acceptors (Lipinski definition) is 3. The second kappa shape index (κ2) is 6.76. The number of carboxylic acids is 1. The molecule has 8 unspecified atom stereocenters. The average molecular weight is 455 g/mol. The first kappa shape index (κ1) is 23.2. The number of fused-ring (bicyclic) bond motifs is 7. The summed E-state index contributed by atoms with van der Waals surface area (Å²) in [7, 11) is 0. The Morgan fingerprint density at radius 1 is 0.939 bits per heavy atom. The summed E-state index contributed by atoms with van der Waals surface area (Å²) in [5.41, 5.74) is 1.75. The second-order valence-corrected chi connectivity index (χ2v) is 13.7. The van der Waals surface area contributed by atoms with Crippen molar-refractivity contribution in [1.29, 1.82) is 0 Å². The first-order valence-corrected chi connectivity index (χ1v) is 13.1. The highest BCUT2D eigenvalue weighted by Crippen LogP contribution is 2.75. The van der Waals surface area contributed by atoms with E-state index in [1.807, 2.05) is 13.8 Å². The number of aliphatic hydroxyl groups excluding tert-OH is 1. The van der Waals surface area contributed by atoms with Crippen LogP contribution in [0.3, 0.4) is 0 Å². The molecule has 0 bridgehead atoms. The predicted octanol–water partition coefficient (Wildman–Crippen LogP) is 6.86. The Morgan fingerprint density at radius 3 is 2.27 bits per heavy atom. The molecule has 5 rings (SSSR count). The van der Waals surface area contributed by atoms with Gasteiger partial charge in [0.05, 0.1) is 5.41 Å². The average Bonchev–Trinajstić information content (AvgIpc) is 2.76. The minimum Gasteiger partial charge on any atom is -0.504 e. The van der Waals surface area contributed by atoms with Gasteiger partial charge in [-0.3, -0.25) is 9.59 Å². The lowest BCUT2D eigenvalue weighted by Gasteiger charge is -2.71. The third-order valence-electron chi connectivity index (χ3n) is 12.5. The SMILES string of the molecule is CC1=C(O)C(=O)C=C2C3CCC4(C)C5CC(C)(C(=O)O)CCC5(C)CCC4(C)C3CCC21C. The van der Waals surface area contributed by atoms with Gasteiger partial charge in [0.25, 0.3) is 0 Å². The van der Waals surface area contributed by atoms with Crippen LogP contribution in [0.15, 0.2) is 23.0 Å². The van der Waals surface area contributed by atoms with Gasteiger partial charge in [0, 0.05) is 5.41 Å². The Balaban J connectivity index is 1.55. The van der Waals surface area contributed by atoms with Crippen molar-refractivity contribution in [2.75, 3.05) is 0 Å². The van der Waals surface area contributed by atoms with Crippen LogP contribution in [-0.2, 0) is 9.59 Å². The van der Waals surface area contributed by atoms with Crippen molar-refractivity contribution in [3.05, 3.63) is 23.0 Å². The van der Waals surface area contributed by atoms with Crippen LogP contribution >= 0.6 is 0 Å². The van der Waals surface area contributed by atoms with Gasteiger partial charge in [-0.05, 0) is 117 Å². The molecular formula is C29H42O4. The first-order valence-electron chi connectivity index (χ1n) is 13.1. The van der Waals surface area contributed by atoms with E-state index in [1.54, 1.807) is 6.08 Å². The van der Waals surface area contributed by atoms with Crippen LogP contribution in [0.2, 0.25) is 0 Å². The molecule has 0 amide bonds. The zero-order valence-electron chi connectivity index (χ0n) is 21.4. The van der Waals surface area contributed by atoms with E-state index in [1.165, 1.54) is 18.4 Å². The lowest BCUT2D eigenvalue weighted by molar-refractivity contribution is -0.210. The Kier molecular flexibility index (Phi) is 4.75. The molecule has 0 heterocycles. The third-order valence-corrected chi connectivity index (χ3v) is 12.5. The first-order chi connectivity index (χ1) is 15.2. The lowest BCUT2D eigenvalue weighted by Crippen LogP contribution is -2.63. The summed E-state index contributed by atoms with van der Waals surface area (Å²) in [5, 5.41) is 20.5. The van der Waals surface area contributed by atoms with Crippen molar-refractivity contribution in [2.24, 2.45) is 44.8 Å². The van der Waals surface area contributed by atoms with E-state index in [9.17, 15) is 19.8 Å². The van der Waals surface area contributed by atoms with Crippen LogP contribution in [0.5, 0.6) is 0 Å². The van der Waals surface area contributed by atoms with E-state index < -0.39 is 11.4 Å². The Bertz CT molecular complexity index is 992. The summed E-state index contributed by atoms with van der Waals surface area (Å²) < 4.78 is 0. The minimum atomic E-state index is -0.629. The maximum atomic E-state index is 12.6. The summed E-state index contributed by atoms with van der Waals surface area (Å²) in [6, 6.07) is 0. The van der Waals surface area contributed by atoms with Crippen LogP contribution < -0.4 is 0 Å². The Labute approximate surface area is 198 Å². The third kappa shape index (κ3) is 2.76. The van der Waals surface area contributed by atoms with Crippen LogP contribution in [-0.4, -0.2) is 22.0 Å². The topological polar surface area (TPSA) is 74.6 Å². The van der Waals surface area contributed by atoms with Crippen LogP contribution in [0.25, 0.3) is 0 Å². The fourth-order valence-corrected chi connectivity index (χ4v) is 9.64. The molecular weight excluding hydrogens is 412 g/mol. The highest BCUT2D eigenvalue weighted by atomic mass is 16.4. The van der Waals surface area contributed by atoms with Gasteiger partial charge in [0.2, 0.25) is 5.78 Å². The number of ketones is 1. The normalized spacial score (nSPS) is 51.6. The van der Waals surface area contributed by atoms with E-state index in [2.05, 4.69) is 27.7 Å². The molecule has 8 atom stereocenters. The summed E-state index contributed by atoms with van der Waals surface area (Å²) in [5.74, 6) is 0.414. The quantitative estimate of drug-likeness (QED) is 0.454. The van der Waals surface area contributed by atoms with Gasteiger partial charge < -0.3 is 10.2 Å². The van der Waals surface area contributed by atoms with E-state index in [-0.39, 0.29) is 33.2 Å². The maximum Gasteiger partial charge on any atom is 0.309 e. The highest BCUT2D eigenvalue weighted by molar-refractivity contribution is 6.04. The lowest BCUT2D eigenvalue weighted by atomic mass is 9.33. The number of carbonyl (C=O) groups excluding carboxylic acids is 1. The number of aliphatic carboxylic acids is 1. The molecule has 0 saturated heterocycles. The molecule has 0 aliphatic heterocycles. The van der Waals surface area contributed by atoms with E-state index in [0.717, 1.165) is 50.5 Å². The van der Waals surface area contributed by atoms with Gasteiger partial charge >= 0.3 is 5.97 Å². The Morgan fingerprint density at radius 2 is 1.61 bits per heavy atom. The largest absolute Gasteiger partial charge is 0.504 e. The maximum absolute atomic E-state index is 12.6. The summed E-state index contributed by atoms with van der Waals surface area (Å²) >= 11 is 0. The fraction of sp³-hybridized carbons (Fsp3) is 0.793. The van der Waals surface area contributed by atoms with Crippen LogP contribution in [0.1, 0.15) is 99.3 Å². The zero-order valence-corrected chi connectivity index (χ0v) is 21.4. The van der Waals surface area contributed by atoms with E-state index in [0.29, 0.717) is 17.8 Å². The van der Waals surface area contributed by atoms with Crippen molar-refractivity contribution < 1.29 is 19.8 Å². The molecule has 182 valence electrons. The number of rotatable bonds is 1. The number of carboxylic acid groups (broad SMARTS) is 1. The molecule has 4 saturated carbocycles. The number of allylic oxidation sites excluding steroid dienone is 3. The molecule has 2 N–H and O–H groups in total. The van der Waals surface area contributed by atoms with Gasteiger partial charge in [-0.25, -0.2) is 0 Å². The molecule has 0 spiro atoms. The highest BCUT2D eigenvalue weighted by Gasteiger charge is 2.67. The van der Waals surface area contributed by atoms with Gasteiger partial charge in [-0.15, -0.1) is 0 Å². The fourth-order valence-electron chi connectivity index (χ4n) is 9.64. The number of aliphatic hydroxyl groups is 1. The van der Waals surface area contributed by atoms with Crippen molar-refractivity contribution in [3.63, 3.8) is 0 Å². The molecule has 4 heteroatoms. The summed E-state index contributed by atoms with van der Waals surface area (Å²) in [6.07, 6.45) is 11.0.